The lowest BCUT2D eigenvalue weighted by Gasteiger charge is -2.44. The third kappa shape index (κ3) is 13.7. The van der Waals surface area contributed by atoms with Gasteiger partial charge in [-0.2, -0.15) is 20.1 Å². The van der Waals surface area contributed by atoms with Crippen molar-refractivity contribution in [3.8, 4) is 0 Å². The van der Waals surface area contributed by atoms with E-state index in [-0.39, 0.29) is 35.9 Å². The summed E-state index contributed by atoms with van der Waals surface area (Å²) < 4.78 is 0. The van der Waals surface area contributed by atoms with Gasteiger partial charge in [-0.05, 0) is 113 Å². The molecular formula is C61H81N23O2. The number of carbonyl (C=O) groups excluding carboxylic acids is 2. The van der Waals surface area contributed by atoms with Crippen LogP contribution in [0.5, 0.6) is 0 Å². The number of aromatic amines is 1. The number of aryl methyl sites for hydroxylation is 1. The molecule has 452 valence electrons. The van der Waals surface area contributed by atoms with Gasteiger partial charge in [0.1, 0.15) is 40.6 Å². The lowest BCUT2D eigenvalue weighted by atomic mass is 9.88. The molecule has 0 bridgehead atoms. The number of piperazine rings is 2. The van der Waals surface area contributed by atoms with E-state index in [1.807, 2.05) is 45.9 Å². The van der Waals surface area contributed by atoms with Crippen molar-refractivity contribution < 1.29 is 9.59 Å². The molecule has 2 aromatic carbocycles. The minimum Gasteiger partial charge on any atom is -0.387 e. The number of nitrogens with zero attached hydrogens (tertiary/aromatic N) is 15. The van der Waals surface area contributed by atoms with E-state index >= 15 is 0 Å². The van der Waals surface area contributed by atoms with E-state index in [1.165, 1.54) is 51.4 Å². The summed E-state index contributed by atoms with van der Waals surface area (Å²) in [5.74, 6) is 2.08. The second-order valence-electron chi connectivity index (χ2n) is 25.2. The van der Waals surface area contributed by atoms with Crippen LogP contribution in [-0.4, -0.2) is 173 Å². The van der Waals surface area contributed by atoms with Gasteiger partial charge in [0.25, 0.3) is 11.8 Å². The average Bonchev–Trinajstić information content (AvgIpc) is 1.48. The van der Waals surface area contributed by atoms with Gasteiger partial charge in [0, 0.05) is 110 Å². The van der Waals surface area contributed by atoms with Crippen LogP contribution in [0, 0.1) is 17.7 Å². The minimum absolute atomic E-state index is 0.0721. The molecule has 7 aromatic rings. The van der Waals surface area contributed by atoms with Crippen molar-refractivity contribution in [2.24, 2.45) is 16.1 Å². The van der Waals surface area contributed by atoms with Crippen LogP contribution in [0.4, 0.5) is 52.4 Å². The lowest BCUT2D eigenvalue weighted by Crippen LogP contribution is -2.55. The van der Waals surface area contributed by atoms with Gasteiger partial charge in [-0.3, -0.25) is 24.5 Å². The number of piperidine rings is 1. The minimum atomic E-state index is -0.524. The Bertz CT molecular complexity index is 3670. The van der Waals surface area contributed by atoms with Gasteiger partial charge in [0.05, 0.1) is 0 Å². The van der Waals surface area contributed by atoms with E-state index in [0.29, 0.717) is 105 Å². The van der Waals surface area contributed by atoms with Crippen molar-refractivity contribution >= 4 is 97.8 Å². The van der Waals surface area contributed by atoms with Crippen LogP contribution in [0.3, 0.4) is 0 Å². The highest BCUT2D eigenvalue weighted by atomic mass is 16.2. The molecular weight excluding hydrogens is 1090 g/mol. The summed E-state index contributed by atoms with van der Waals surface area (Å²) in [6.07, 6.45) is 10.2. The van der Waals surface area contributed by atoms with Crippen molar-refractivity contribution in [1.82, 2.24) is 64.8 Å². The number of carbonyl (C=O) groups is 2. The monoisotopic (exact) mass is 1170 g/mol. The summed E-state index contributed by atoms with van der Waals surface area (Å²) in [6.45, 7) is 25.4. The van der Waals surface area contributed by atoms with Gasteiger partial charge in [0.15, 0.2) is 29.1 Å². The molecule has 11 rings (SSSR count). The maximum atomic E-state index is 14.2. The Morgan fingerprint density at radius 3 is 2.08 bits per heavy atom. The predicted molar refractivity (Wildman–Crippen MR) is 340 cm³/mol. The van der Waals surface area contributed by atoms with Gasteiger partial charge >= 0.3 is 0 Å². The summed E-state index contributed by atoms with van der Waals surface area (Å²) in [7, 11) is 0. The maximum absolute atomic E-state index is 14.2. The molecule has 4 aliphatic rings. The molecule has 4 saturated heterocycles. The summed E-state index contributed by atoms with van der Waals surface area (Å²) in [4.78, 5) is 83.1. The van der Waals surface area contributed by atoms with Crippen LogP contribution in [0.1, 0.15) is 124 Å². The van der Waals surface area contributed by atoms with E-state index in [1.54, 1.807) is 24.3 Å². The van der Waals surface area contributed by atoms with E-state index in [4.69, 9.17) is 51.8 Å². The molecule has 86 heavy (non-hydrogen) atoms. The second-order valence-corrected chi connectivity index (χ2v) is 25.2. The fourth-order valence-electron chi connectivity index (χ4n) is 11.5. The zero-order chi connectivity index (χ0) is 60.3. The number of aromatic nitrogens is 10. The number of likely N-dealkylation sites (tertiary alicyclic amines) is 1. The SMILES string of the molecule is Cc1ccc(C(=O)N=C(N)CC(=N)C(C)(C)C)cc1Nc1ncnc2c(NCc3ccc(C(=O)Nc4cc(C(C)(C)C)[nH]n4)cc3Nc3ncnc4c(N)nc(N5CCN6CCCCC6C5)nc34)nc(N3CCN(CCCN4CCCC4)CC3)nc12. The van der Waals surface area contributed by atoms with Gasteiger partial charge in [-0.25, -0.2) is 29.9 Å². The van der Waals surface area contributed by atoms with E-state index < -0.39 is 11.3 Å². The number of amidine groups is 1. The number of hydrogen-bond donors (Lipinski definition) is 8. The van der Waals surface area contributed by atoms with Gasteiger partial charge < -0.3 is 52.8 Å². The number of rotatable bonds is 18. The first-order valence-electron chi connectivity index (χ1n) is 30.1. The molecule has 0 spiro atoms. The molecule has 1 atom stereocenters. The number of aliphatic imine (C=N–C) groups is 1. The van der Waals surface area contributed by atoms with Gasteiger partial charge in [-0.1, -0.05) is 60.1 Å². The van der Waals surface area contributed by atoms with Crippen molar-refractivity contribution in [1.29, 1.82) is 5.41 Å². The van der Waals surface area contributed by atoms with Gasteiger partial charge in [0.2, 0.25) is 11.9 Å². The largest absolute Gasteiger partial charge is 0.387 e. The first-order valence-corrected chi connectivity index (χ1v) is 30.1. The molecule has 10 N–H and O–H groups in total. The summed E-state index contributed by atoms with van der Waals surface area (Å²) in [6, 6.07) is 13.0. The molecule has 0 saturated carbocycles. The molecule has 25 nitrogen and oxygen atoms in total. The molecule has 2 amide bonds. The Labute approximate surface area is 501 Å². The van der Waals surface area contributed by atoms with Crippen LogP contribution in [0.25, 0.3) is 22.1 Å². The van der Waals surface area contributed by atoms with Crippen LogP contribution < -0.4 is 42.5 Å². The zero-order valence-corrected chi connectivity index (χ0v) is 50.6. The number of amides is 2. The van der Waals surface area contributed by atoms with Crippen LogP contribution in [-0.2, 0) is 12.0 Å². The summed E-state index contributed by atoms with van der Waals surface area (Å²) >= 11 is 0. The van der Waals surface area contributed by atoms with E-state index in [9.17, 15) is 9.59 Å². The summed E-state index contributed by atoms with van der Waals surface area (Å²) in [5.41, 5.74) is 18.7. The Balaban J connectivity index is 0.925. The quantitative estimate of drug-likeness (QED) is 0.0302. The number of nitrogens with one attached hydrogen (secondary N) is 6. The number of anilines is 9. The first-order chi connectivity index (χ1) is 41.3. The van der Waals surface area contributed by atoms with Crippen LogP contribution >= 0.6 is 0 Å². The van der Waals surface area contributed by atoms with Gasteiger partial charge in [-0.15, -0.1) is 0 Å². The van der Waals surface area contributed by atoms with Crippen molar-refractivity contribution in [3.05, 3.63) is 83.1 Å². The fourth-order valence-corrected chi connectivity index (χ4v) is 11.5. The highest BCUT2D eigenvalue weighted by Crippen LogP contribution is 2.34. The maximum Gasteiger partial charge on any atom is 0.278 e. The number of fused-ring (bicyclic) bond motifs is 3. The molecule has 0 radical (unpaired) electrons. The second kappa shape index (κ2) is 25.2. The molecule has 0 aliphatic carbocycles. The van der Waals surface area contributed by atoms with Crippen LogP contribution in [0.2, 0.25) is 0 Å². The molecule has 4 fully saturated rings. The number of nitrogen functional groups attached to an aromatic ring is 1. The van der Waals surface area contributed by atoms with E-state index in [0.717, 1.165) is 82.0 Å². The smallest absolute Gasteiger partial charge is 0.278 e. The van der Waals surface area contributed by atoms with Crippen molar-refractivity contribution in [3.63, 3.8) is 0 Å². The highest BCUT2D eigenvalue weighted by molar-refractivity contribution is 6.10. The Morgan fingerprint density at radius 2 is 1.36 bits per heavy atom. The first kappa shape index (κ1) is 59.2. The molecule has 25 heteroatoms. The zero-order valence-electron chi connectivity index (χ0n) is 50.6. The molecule has 4 aliphatic heterocycles. The third-order valence-electron chi connectivity index (χ3n) is 16.8. The topological polar surface area (TPSA) is 319 Å². The number of benzene rings is 2. The molecule has 9 heterocycles. The summed E-state index contributed by atoms with van der Waals surface area (Å²) in [5, 5.41) is 29.5. The average molecular weight is 1170 g/mol. The Kier molecular flexibility index (Phi) is 17.3. The molecule has 1 unspecified atom stereocenters. The standard InChI is InChI=1S/C61H81N23O2/c1-37-14-15-38(56(85)72-46(63)31-44(62)60(2,3)4)29-42(37)70-55-51-49(67-36-69-55)53(77-59(75-51)83-25-23-81(24-26-83)21-12-20-80-18-10-11-19-80)65-33-40-17-16-39(57(86)73-47-32-45(78-79-47)61(5,6)7)30-43(40)71-54-50-48(66-35-68-54)52(64)76-58(74-50)84-28-27-82-22-9-8-13-41(82)34-84/h14-17,29-30,32,35-36,41,62H,8-13,18-28,31,33-34H2,1-7H3,(H2,63,72,85)(H2,64,74,76)(H,65,75,77)(H,66,68,71)(H,67,69,70)(H2,73,78,79,86). The van der Waals surface area contributed by atoms with Crippen molar-refractivity contribution in [2.75, 3.05) is 115 Å². The number of nitrogens with two attached hydrogens (primary N) is 2. The van der Waals surface area contributed by atoms with Crippen molar-refractivity contribution in [2.45, 2.75) is 111 Å². The Morgan fingerprint density at radius 1 is 0.709 bits per heavy atom. The normalized spacial score (nSPS) is 17.5. The van der Waals surface area contributed by atoms with E-state index in [2.05, 4.69) is 86.7 Å². The fraction of sp³-hybridized carbons (Fsp3) is 0.492. The highest BCUT2D eigenvalue weighted by Gasteiger charge is 2.32. The number of H-pyrrole nitrogens is 1. The predicted octanol–water partition coefficient (Wildman–Crippen LogP) is 7.65. The Hall–Kier alpha value is -8.55. The van der Waals surface area contributed by atoms with Crippen LogP contribution in [0.15, 0.2) is 60.1 Å². The molecule has 5 aromatic heterocycles. The third-order valence-corrected chi connectivity index (χ3v) is 16.8. The lowest BCUT2D eigenvalue weighted by molar-refractivity contribution is 0.0999. The number of hydrogen-bond acceptors (Lipinski definition) is 21.